The van der Waals surface area contributed by atoms with E-state index >= 15 is 0 Å². The van der Waals surface area contributed by atoms with Gasteiger partial charge in [0, 0.05) is 6.92 Å². The Labute approximate surface area is 147 Å². The number of carbonyl (C=O) groups is 6. The Morgan fingerprint density at radius 2 is 1.19 bits per heavy atom. The first-order valence-electron chi connectivity index (χ1n) is 7.10. The van der Waals surface area contributed by atoms with Gasteiger partial charge < -0.3 is 28.8 Å². The van der Waals surface area contributed by atoms with Crippen molar-refractivity contribution in [3.63, 3.8) is 0 Å². The summed E-state index contributed by atoms with van der Waals surface area (Å²) in [7, 11) is 0. The quantitative estimate of drug-likeness (QED) is 0.348. The minimum atomic E-state index is -1.43. The van der Waals surface area contributed by atoms with Gasteiger partial charge in [0.2, 0.25) is 0 Å². The summed E-state index contributed by atoms with van der Waals surface area (Å²) in [5.41, 5.74) is 0. The third-order valence-corrected chi connectivity index (χ3v) is 2.37. The highest BCUT2D eigenvalue weighted by Gasteiger charge is 2.23. The zero-order valence-corrected chi connectivity index (χ0v) is 14.2. The van der Waals surface area contributed by atoms with Gasteiger partial charge in [-0.25, -0.2) is 24.0 Å². The van der Waals surface area contributed by atoms with Gasteiger partial charge in [0.15, 0.2) is 32.0 Å². The lowest BCUT2D eigenvalue weighted by Crippen LogP contribution is -2.32. The van der Waals surface area contributed by atoms with Crippen LogP contribution in [0.15, 0.2) is 0 Å². The SMILES string of the molecule is CC(=O)OCC(=O)OCC(=O)OC(C)C(=O)OCC(=O)OC(C)C(=O)O. The first-order valence-corrected chi connectivity index (χ1v) is 7.10. The number of hydrogen-bond acceptors (Lipinski definition) is 11. The third kappa shape index (κ3) is 10.6. The average molecular weight is 378 g/mol. The number of carbonyl (C=O) groups excluding carboxylic acids is 5. The van der Waals surface area contributed by atoms with Crippen molar-refractivity contribution in [3.05, 3.63) is 0 Å². The van der Waals surface area contributed by atoms with Gasteiger partial charge in [-0.05, 0) is 13.8 Å². The van der Waals surface area contributed by atoms with Gasteiger partial charge in [-0.3, -0.25) is 4.79 Å². The summed E-state index contributed by atoms with van der Waals surface area (Å²) in [6.45, 7) is 0.914. The van der Waals surface area contributed by atoms with Crippen LogP contribution < -0.4 is 0 Å². The van der Waals surface area contributed by atoms with Crippen LogP contribution in [0.25, 0.3) is 0 Å². The van der Waals surface area contributed by atoms with Crippen molar-refractivity contribution in [2.75, 3.05) is 19.8 Å². The molecule has 0 aliphatic carbocycles. The largest absolute Gasteiger partial charge is 0.479 e. The van der Waals surface area contributed by atoms with Gasteiger partial charge in [0.1, 0.15) is 0 Å². The predicted molar refractivity (Wildman–Crippen MR) is 77.3 cm³/mol. The van der Waals surface area contributed by atoms with E-state index in [1.165, 1.54) is 0 Å². The number of ether oxygens (including phenoxy) is 5. The summed E-state index contributed by atoms with van der Waals surface area (Å²) >= 11 is 0. The van der Waals surface area contributed by atoms with Crippen molar-refractivity contribution < 1.29 is 57.6 Å². The Kier molecular flexibility index (Phi) is 9.99. The van der Waals surface area contributed by atoms with Gasteiger partial charge >= 0.3 is 35.8 Å². The van der Waals surface area contributed by atoms with Gasteiger partial charge in [-0.1, -0.05) is 0 Å². The molecule has 0 aromatic heterocycles. The normalized spacial score (nSPS) is 12.1. The zero-order chi connectivity index (χ0) is 20.3. The van der Waals surface area contributed by atoms with Crippen molar-refractivity contribution in [2.45, 2.75) is 33.0 Å². The summed E-state index contributed by atoms with van der Waals surface area (Å²) in [4.78, 5) is 66.2. The lowest BCUT2D eigenvalue weighted by atomic mass is 10.4. The molecule has 2 atom stereocenters. The molecule has 0 aromatic carbocycles. The lowest BCUT2D eigenvalue weighted by molar-refractivity contribution is -0.177. The van der Waals surface area contributed by atoms with E-state index in [1.807, 2.05) is 0 Å². The van der Waals surface area contributed by atoms with Crippen molar-refractivity contribution in [3.8, 4) is 0 Å². The Hall–Kier alpha value is -3.18. The van der Waals surface area contributed by atoms with E-state index in [2.05, 4.69) is 23.7 Å². The third-order valence-electron chi connectivity index (χ3n) is 2.37. The fraction of sp³-hybridized carbons (Fsp3) is 0.571. The van der Waals surface area contributed by atoms with Gasteiger partial charge in [0.25, 0.3) is 0 Å². The summed E-state index contributed by atoms with van der Waals surface area (Å²) in [5.74, 6) is -6.39. The molecule has 0 heterocycles. The van der Waals surface area contributed by atoms with E-state index in [0.717, 1.165) is 20.8 Å². The molecule has 0 bridgehead atoms. The Morgan fingerprint density at radius 3 is 1.69 bits per heavy atom. The van der Waals surface area contributed by atoms with Crippen LogP contribution in [0.2, 0.25) is 0 Å². The van der Waals surface area contributed by atoms with Crippen LogP contribution in [0.1, 0.15) is 20.8 Å². The molecule has 146 valence electrons. The Morgan fingerprint density at radius 1 is 0.731 bits per heavy atom. The molecular weight excluding hydrogens is 360 g/mol. The highest BCUT2D eigenvalue weighted by Crippen LogP contribution is 1.99. The van der Waals surface area contributed by atoms with Gasteiger partial charge in [-0.15, -0.1) is 0 Å². The van der Waals surface area contributed by atoms with Crippen molar-refractivity contribution in [2.24, 2.45) is 0 Å². The van der Waals surface area contributed by atoms with Crippen LogP contribution in [0.4, 0.5) is 0 Å². The summed E-state index contributed by atoms with van der Waals surface area (Å²) < 4.78 is 22.3. The fourth-order valence-electron chi connectivity index (χ4n) is 1.15. The number of rotatable bonds is 10. The Bertz CT molecular complexity index is 566. The minimum absolute atomic E-state index is 0.683. The van der Waals surface area contributed by atoms with Crippen LogP contribution >= 0.6 is 0 Å². The Balaban J connectivity index is 4.11. The topological polar surface area (TPSA) is 169 Å². The molecule has 2 unspecified atom stereocenters. The summed E-state index contributed by atoms with van der Waals surface area (Å²) in [5, 5.41) is 8.54. The second kappa shape index (κ2) is 11.4. The highest BCUT2D eigenvalue weighted by molar-refractivity contribution is 5.83. The van der Waals surface area contributed by atoms with Crippen LogP contribution in [-0.4, -0.2) is 73.0 Å². The molecule has 0 fully saturated rings. The second-order valence-electron chi connectivity index (χ2n) is 4.65. The molecule has 0 spiro atoms. The first kappa shape index (κ1) is 22.8. The zero-order valence-electron chi connectivity index (χ0n) is 14.2. The monoisotopic (exact) mass is 378 g/mol. The van der Waals surface area contributed by atoms with Crippen LogP contribution in [0.5, 0.6) is 0 Å². The maximum absolute atomic E-state index is 11.5. The maximum atomic E-state index is 11.5. The van der Waals surface area contributed by atoms with Gasteiger partial charge in [-0.2, -0.15) is 0 Å². The van der Waals surface area contributed by atoms with Crippen LogP contribution in [-0.2, 0) is 52.5 Å². The minimum Gasteiger partial charge on any atom is -0.479 e. The molecule has 0 rings (SSSR count). The number of esters is 5. The standard InChI is InChI=1S/C14H18O12/c1-7(13(19)20)25-12(18)6-24-14(21)8(2)26-11(17)5-23-10(16)4-22-9(3)15/h7-8H,4-6H2,1-3H3,(H,19,20). The average Bonchev–Trinajstić information content (AvgIpc) is 2.55. The molecule has 12 heteroatoms. The molecule has 0 aliphatic rings. The molecule has 1 N–H and O–H groups in total. The molecule has 26 heavy (non-hydrogen) atoms. The molecule has 0 saturated heterocycles. The molecule has 12 nitrogen and oxygen atoms in total. The first-order chi connectivity index (χ1) is 12.0. The maximum Gasteiger partial charge on any atom is 0.347 e. The highest BCUT2D eigenvalue weighted by atomic mass is 16.6. The molecule has 0 amide bonds. The second-order valence-corrected chi connectivity index (χ2v) is 4.65. The summed E-state index contributed by atoms with van der Waals surface area (Å²) in [6, 6.07) is 0. The number of carboxylic acid groups (broad SMARTS) is 1. The molecule has 0 radical (unpaired) electrons. The van der Waals surface area contributed by atoms with Gasteiger partial charge in [0.05, 0.1) is 0 Å². The van der Waals surface area contributed by atoms with Crippen LogP contribution in [0, 0.1) is 0 Å². The van der Waals surface area contributed by atoms with E-state index in [-0.39, 0.29) is 0 Å². The lowest BCUT2D eigenvalue weighted by Gasteiger charge is -2.13. The van der Waals surface area contributed by atoms with Crippen molar-refractivity contribution >= 4 is 35.8 Å². The van der Waals surface area contributed by atoms with E-state index in [4.69, 9.17) is 5.11 Å². The fourth-order valence-corrected chi connectivity index (χ4v) is 1.15. The van der Waals surface area contributed by atoms with E-state index in [1.54, 1.807) is 0 Å². The number of hydrogen-bond donors (Lipinski definition) is 1. The van der Waals surface area contributed by atoms with E-state index in [9.17, 15) is 28.8 Å². The van der Waals surface area contributed by atoms with Crippen molar-refractivity contribution in [1.82, 2.24) is 0 Å². The van der Waals surface area contributed by atoms with Crippen LogP contribution in [0.3, 0.4) is 0 Å². The smallest absolute Gasteiger partial charge is 0.347 e. The predicted octanol–water partition coefficient (Wildman–Crippen LogP) is -1.42. The number of carboxylic acids is 1. The molecular formula is C14H18O12. The molecule has 0 aliphatic heterocycles. The van der Waals surface area contributed by atoms with Crippen molar-refractivity contribution in [1.29, 1.82) is 0 Å². The number of aliphatic carboxylic acids is 1. The molecule has 0 saturated carbocycles. The summed E-state index contributed by atoms with van der Waals surface area (Å²) in [6.07, 6.45) is -2.85. The van der Waals surface area contributed by atoms with E-state index in [0.29, 0.717) is 0 Å². The molecule has 0 aromatic rings. The van der Waals surface area contributed by atoms with E-state index < -0.39 is 67.8 Å².